The van der Waals surface area contributed by atoms with E-state index < -0.39 is 42.4 Å². The van der Waals surface area contributed by atoms with Gasteiger partial charge >= 0.3 is 0 Å². The molecule has 16 heteroatoms. The molecule has 0 atom stereocenters. The molecule has 15 rings (SSSR count). The van der Waals surface area contributed by atoms with E-state index in [0.29, 0.717) is 22.7 Å². The van der Waals surface area contributed by atoms with E-state index >= 15 is 0 Å². The van der Waals surface area contributed by atoms with Crippen LogP contribution in [0.1, 0.15) is 52.7 Å². The number of benzene rings is 8. The first-order valence-electron chi connectivity index (χ1n) is 22.9. The smallest absolute Gasteiger partial charge is 0.299 e. The van der Waals surface area contributed by atoms with Gasteiger partial charge in [0.05, 0.1) is 31.8 Å². The Kier molecular flexibility index (Phi) is 12.2. The van der Waals surface area contributed by atoms with Gasteiger partial charge in [-0.2, -0.15) is 0 Å². The van der Waals surface area contributed by atoms with Crippen molar-refractivity contribution in [1.29, 1.82) is 0 Å². The molecule has 0 aliphatic carbocycles. The van der Waals surface area contributed by atoms with Crippen molar-refractivity contribution in [3.63, 3.8) is 0 Å². The van der Waals surface area contributed by atoms with E-state index in [-0.39, 0.29) is 33.6 Å². The van der Waals surface area contributed by atoms with Gasteiger partial charge < -0.3 is 21.3 Å². The van der Waals surface area contributed by atoms with Crippen LogP contribution in [0.2, 0.25) is 0 Å². The fraction of sp³-hybridized carbons (Fsp3) is 0.143. The van der Waals surface area contributed by atoms with E-state index in [0.717, 1.165) is 67.8 Å². The third-order valence-corrected chi connectivity index (χ3v) is 12.6. The van der Waals surface area contributed by atoms with Gasteiger partial charge in [0.25, 0.3) is 22.7 Å². The molecule has 4 N–H and O–H groups in total. The van der Waals surface area contributed by atoms with Crippen LogP contribution in [0.15, 0.2) is 158 Å². The van der Waals surface area contributed by atoms with Crippen molar-refractivity contribution in [1.82, 2.24) is 0 Å². The van der Waals surface area contributed by atoms with Gasteiger partial charge in [-0.15, -0.1) is 0 Å². The summed E-state index contributed by atoms with van der Waals surface area (Å²) in [4.78, 5) is 46.9. The van der Waals surface area contributed by atoms with Gasteiger partial charge in [-0.1, -0.05) is 114 Å². The molecule has 7 heterocycles. The van der Waals surface area contributed by atoms with Crippen molar-refractivity contribution in [3.8, 4) is 44.5 Å². The van der Waals surface area contributed by atoms with E-state index in [1.807, 2.05) is 60.7 Å². The van der Waals surface area contributed by atoms with Gasteiger partial charge in [-0.3, -0.25) is 40.5 Å². The minimum atomic E-state index is -0.653. The zero-order chi connectivity index (χ0) is 51.2. The summed E-state index contributed by atoms with van der Waals surface area (Å²) < 4.78 is 0. The van der Waals surface area contributed by atoms with Gasteiger partial charge in [0.2, 0.25) is 0 Å². The van der Waals surface area contributed by atoms with Gasteiger partial charge in [-0.25, -0.2) is 0 Å². The summed E-state index contributed by atoms with van der Waals surface area (Å²) in [5.41, 5.74) is 8.98. The molecule has 72 heavy (non-hydrogen) atoms. The summed E-state index contributed by atoms with van der Waals surface area (Å²) in [6.07, 6.45) is 0. The summed E-state index contributed by atoms with van der Waals surface area (Å²) in [7, 11) is 0. The fourth-order valence-electron chi connectivity index (χ4n) is 8.55. The van der Waals surface area contributed by atoms with Crippen molar-refractivity contribution in [2.75, 3.05) is 21.3 Å². The number of nitro groups is 4. The van der Waals surface area contributed by atoms with Crippen LogP contribution in [0.5, 0.6) is 0 Å². The Morgan fingerprint density at radius 3 is 0.681 bits per heavy atom. The predicted octanol–water partition coefficient (Wildman–Crippen LogP) is 15.9. The summed E-state index contributed by atoms with van der Waals surface area (Å²) in [5, 5.41) is 62.1. The maximum absolute atomic E-state index is 12.4. The molecule has 0 amide bonds. The Balaban J connectivity index is 1.19. The molecule has 0 saturated carbocycles. The first-order valence-corrected chi connectivity index (χ1v) is 22.9. The largest absolute Gasteiger partial charge is 0.350 e. The third kappa shape index (κ3) is 10.0. The molecule has 16 bridgehead atoms. The second-order valence-corrected chi connectivity index (χ2v) is 19.7. The lowest BCUT2D eigenvalue weighted by molar-refractivity contribution is -0.393. The highest BCUT2D eigenvalue weighted by Gasteiger charge is 2.28. The molecule has 7 aliphatic heterocycles. The number of nitrogens with zero attached hydrogens (tertiary/aromatic N) is 4. The van der Waals surface area contributed by atoms with Crippen LogP contribution in [-0.2, 0) is 10.8 Å². The second-order valence-electron chi connectivity index (χ2n) is 19.7. The molecular formula is C56H48N8O8. The molecule has 8 aromatic carbocycles. The first-order chi connectivity index (χ1) is 34.2. The topological polar surface area (TPSA) is 221 Å². The molecule has 0 radical (unpaired) electrons. The molecule has 360 valence electrons. The van der Waals surface area contributed by atoms with Crippen LogP contribution in [0.25, 0.3) is 44.5 Å². The average molecular weight is 961 g/mol. The van der Waals surface area contributed by atoms with Crippen molar-refractivity contribution >= 4 is 68.2 Å². The number of hydrogen-bond acceptors (Lipinski definition) is 12. The van der Waals surface area contributed by atoms with E-state index in [9.17, 15) is 40.5 Å². The lowest BCUT2D eigenvalue weighted by Crippen LogP contribution is -2.11. The molecule has 0 fully saturated rings. The van der Waals surface area contributed by atoms with Crippen LogP contribution >= 0.6 is 0 Å². The molecule has 8 aromatic rings. The number of hydrogen-bond donors (Lipinski definition) is 4. The Labute approximate surface area is 414 Å². The highest BCUT2D eigenvalue weighted by atomic mass is 16.6. The van der Waals surface area contributed by atoms with Crippen LogP contribution in [0, 0.1) is 40.5 Å². The van der Waals surface area contributed by atoms with E-state index in [2.05, 4.69) is 87.1 Å². The summed E-state index contributed by atoms with van der Waals surface area (Å²) in [6.45, 7) is 12.7. The first kappa shape index (κ1) is 47.6. The summed E-state index contributed by atoms with van der Waals surface area (Å²) in [5.74, 6) is 0. The maximum Gasteiger partial charge on any atom is 0.299 e. The minimum Gasteiger partial charge on any atom is -0.350 e. The van der Waals surface area contributed by atoms with Crippen molar-refractivity contribution in [2.24, 2.45) is 0 Å². The number of nitro benzene ring substituents is 4. The van der Waals surface area contributed by atoms with Crippen LogP contribution in [0.3, 0.4) is 0 Å². The molecule has 0 unspecified atom stereocenters. The molecule has 7 aliphatic rings. The fourth-order valence-corrected chi connectivity index (χ4v) is 8.55. The normalized spacial score (nSPS) is 12.1. The third-order valence-electron chi connectivity index (χ3n) is 12.6. The quantitative estimate of drug-likeness (QED) is 0.0956. The average Bonchev–Trinajstić information content (AvgIpc) is 3.33. The molecule has 16 nitrogen and oxygen atoms in total. The molecular weight excluding hydrogens is 913 g/mol. The Hall–Kier alpha value is -9.44. The lowest BCUT2D eigenvalue weighted by Gasteiger charge is -2.22. The number of rotatable bonds is 4. The molecule has 0 aromatic heterocycles. The standard InChI is InChI=1S/C56H48N8O8/c1-55(2,3)41-25-37-23-38(26-41)34-9-17-44(18-10-34)58-48-30-50(54(64(71)72)32-52(48)62(67)68)60-46-21-13-36(14-22-46)40-24-39(27-42(28-40)56(4,5)6)35-11-19-45(20-12-35)59-49-29-47(57-43-15-7-33(37)8-16-43)51(61(65)66)31-53(49)63(69)70/h7-32,57-60H,1-6H3. The Morgan fingerprint density at radius 2 is 0.500 bits per heavy atom. The van der Waals surface area contributed by atoms with Crippen molar-refractivity contribution in [2.45, 2.75) is 52.4 Å². The van der Waals surface area contributed by atoms with Crippen LogP contribution in [-0.4, -0.2) is 19.7 Å². The number of nitrogens with one attached hydrogen (secondary N) is 4. The van der Waals surface area contributed by atoms with Crippen molar-refractivity contribution in [3.05, 3.63) is 209 Å². The minimum absolute atomic E-state index is 0.0531. The second kappa shape index (κ2) is 18.5. The summed E-state index contributed by atoms with van der Waals surface area (Å²) >= 11 is 0. The van der Waals surface area contributed by atoms with Crippen LogP contribution in [0.4, 0.5) is 68.2 Å². The summed E-state index contributed by atoms with van der Waals surface area (Å²) in [6, 6.07) is 46.5. The monoisotopic (exact) mass is 960 g/mol. The predicted molar refractivity (Wildman–Crippen MR) is 285 cm³/mol. The van der Waals surface area contributed by atoms with Crippen LogP contribution < -0.4 is 21.3 Å². The van der Waals surface area contributed by atoms with Gasteiger partial charge in [0, 0.05) is 22.7 Å². The number of anilines is 8. The maximum atomic E-state index is 12.4. The Morgan fingerprint density at radius 1 is 0.292 bits per heavy atom. The zero-order valence-electron chi connectivity index (χ0n) is 40.1. The van der Waals surface area contributed by atoms with Crippen molar-refractivity contribution < 1.29 is 19.7 Å². The molecule has 0 spiro atoms. The van der Waals surface area contributed by atoms with E-state index in [1.165, 1.54) is 12.1 Å². The van der Waals surface area contributed by atoms with E-state index in [4.69, 9.17) is 0 Å². The van der Waals surface area contributed by atoms with Gasteiger partial charge in [0.1, 0.15) is 22.7 Å². The Bertz CT molecular complexity index is 3040. The zero-order valence-corrected chi connectivity index (χ0v) is 40.1. The molecule has 0 saturated heterocycles. The van der Waals surface area contributed by atoms with Gasteiger partial charge in [0.15, 0.2) is 0 Å². The van der Waals surface area contributed by atoms with Gasteiger partial charge in [-0.05, 0) is 139 Å². The highest BCUT2D eigenvalue weighted by Crippen LogP contribution is 2.43. The highest BCUT2D eigenvalue weighted by molar-refractivity contribution is 5.86. The lowest BCUT2D eigenvalue weighted by atomic mass is 9.83. The SMILES string of the molecule is CC(C)(C)c1cc2cc(c1)-c1ccc(cc1)Nc1cc(c([N+](=O)[O-])cc1[N+](=O)[O-])Nc1ccc(cc1)-c1cc(cc(C(C)(C)C)c1)-c1ccc(cc1)Nc1cc(c([N+](=O)[O-])cc1[N+](=O)[O-])Nc1ccc-2cc1. The van der Waals surface area contributed by atoms with E-state index in [1.54, 1.807) is 48.5 Å².